The number of aryl methyl sites for hydroxylation is 1. The zero-order chi connectivity index (χ0) is 25.6. The number of carbonyl (C=O) groups is 1. The van der Waals surface area contributed by atoms with E-state index in [-0.39, 0.29) is 17.7 Å². The van der Waals surface area contributed by atoms with Gasteiger partial charge >= 0.3 is 0 Å². The molecule has 0 radical (unpaired) electrons. The lowest BCUT2D eigenvalue weighted by Gasteiger charge is -2.36. The highest BCUT2D eigenvalue weighted by atomic mass is 16.5. The van der Waals surface area contributed by atoms with Crippen LogP contribution in [0.4, 0.5) is 0 Å². The second kappa shape index (κ2) is 11.8. The Balaban J connectivity index is 1.26. The molecule has 0 spiro atoms. The van der Waals surface area contributed by atoms with Crippen molar-refractivity contribution >= 4 is 5.91 Å². The van der Waals surface area contributed by atoms with Crippen molar-refractivity contribution < 1.29 is 14.3 Å². The van der Waals surface area contributed by atoms with Gasteiger partial charge < -0.3 is 19.7 Å². The monoisotopic (exact) mass is 498 g/mol. The lowest BCUT2D eigenvalue weighted by Crippen LogP contribution is -2.47. The van der Waals surface area contributed by atoms with Crippen LogP contribution in [-0.2, 0) is 11.3 Å². The molecule has 1 N–H and O–H groups in total. The Labute approximate surface area is 220 Å². The summed E-state index contributed by atoms with van der Waals surface area (Å²) in [7, 11) is 0. The molecule has 1 aliphatic heterocycles. The van der Waals surface area contributed by atoms with Crippen LogP contribution < -0.4 is 14.8 Å². The summed E-state index contributed by atoms with van der Waals surface area (Å²) in [5.74, 6) is 2.06. The van der Waals surface area contributed by atoms with Gasteiger partial charge in [0.05, 0.1) is 5.92 Å². The molecule has 1 aliphatic carbocycles. The number of para-hydroxylation sites is 1. The van der Waals surface area contributed by atoms with E-state index in [9.17, 15) is 4.79 Å². The number of ether oxygens (including phenoxy) is 2. The minimum atomic E-state index is -0.0730. The molecular formula is C32H38N2O3. The molecule has 3 aromatic carbocycles. The van der Waals surface area contributed by atoms with Crippen molar-refractivity contribution in [1.82, 2.24) is 10.2 Å². The molecule has 1 amide bonds. The molecule has 1 heterocycles. The van der Waals surface area contributed by atoms with Crippen LogP contribution in [0.1, 0.15) is 47.4 Å². The highest BCUT2D eigenvalue weighted by molar-refractivity contribution is 5.81. The van der Waals surface area contributed by atoms with Crippen molar-refractivity contribution in [3.63, 3.8) is 0 Å². The van der Waals surface area contributed by atoms with Crippen LogP contribution in [-0.4, -0.2) is 43.2 Å². The van der Waals surface area contributed by atoms with Crippen LogP contribution in [0.15, 0.2) is 72.8 Å². The first-order chi connectivity index (χ1) is 18.1. The first kappa shape index (κ1) is 25.3. The Morgan fingerprint density at radius 2 is 1.62 bits per heavy atom. The predicted octanol–water partition coefficient (Wildman–Crippen LogP) is 5.65. The Morgan fingerprint density at radius 1 is 0.892 bits per heavy atom. The molecule has 1 saturated heterocycles. The molecule has 0 aromatic heterocycles. The van der Waals surface area contributed by atoms with Gasteiger partial charge in [-0.15, -0.1) is 0 Å². The summed E-state index contributed by atoms with van der Waals surface area (Å²) in [5.41, 5.74) is 5.02. The van der Waals surface area contributed by atoms with E-state index in [2.05, 4.69) is 54.4 Å². The van der Waals surface area contributed by atoms with Crippen molar-refractivity contribution in [2.24, 2.45) is 5.92 Å². The van der Waals surface area contributed by atoms with Gasteiger partial charge in [0.25, 0.3) is 0 Å². The summed E-state index contributed by atoms with van der Waals surface area (Å²) in [5, 5.41) is 3.49. The molecule has 1 saturated carbocycles. The van der Waals surface area contributed by atoms with Gasteiger partial charge in [0.15, 0.2) is 0 Å². The van der Waals surface area contributed by atoms with Crippen LogP contribution >= 0.6 is 0 Å². The van der Waals surface area contributed by atoms with E-state index in [4.69, 9.17) is 9.47 Å². The topological polar surface area (TPSA) is 50.8 Å². The van der Waals surface area contributed by atoms with Gasteiger partial charge in [-0.25, -0.2) is 0 Å². The van der Waals surface area contributed by atoms with Gasteiger partial charge in [0.1, 0.15) is 24.7 Å². The maximum Gasteiger partial charge on any atom is 0.228 e. The Kier molecular flexibility index (Phi) is 8.10. The molecular weight excluding hydrogens is 460 g/mol. The zero-order valence-electron chi connectivity index (χ0n) is 22.0. The van der Waals surface area contributed by atoms with E-state index in [1.165, 1.54) is 22.3 Å². The van der Waals surface area contributed by atoms with Crippen LogP contribution in [0.2, 0.25) is 0 Å². The number of hydrogen-bond donors (Lipinski definition) is 1. The van der Waals surface area contributed by atoms with Crippen molar-refractivity contribution in [3.05, 3.63) is 95.1 Å². The molecule has 5 heteroatoms. The van der Waals surface area contributed by atoms with Gasteiger partial charge in [-0.3, -0.25) is 4.79 Å². The van der Waals surface area contributed by atoms with E-state index in [0.29, 0.717) is 25.8 Å². The highest BCUT2D eigenvalue weighted by Gasteiger charge is 2.40. The maximum atomic E-state index is 14.0. The van der Waals surface area contributed by atoms with Gasteiger partial charge in [-0.05, 0) is 92.1 Å². The van der Waals surface area contributed by atoms with E-state index in [1.807, 2.05) is 42.5 Å². The summed E-state index contributed by atoms with van der Waals surface area (Å²) in [6.45, 7) is 7.61. The minimum Gasteiger partial charge on any atom is -0.490 e. The first-order valence-corrected chi connectivity index (χ1v) is 13.6. The third-order valence-electron chi connectivity index (χ3n) is 7.78. The molecule has 2 fully saturated rings. The largest absolute Gasteiger partial charge is 0.490 e. The van der Waals surface area contributed by atoms with Gasteiger partial charge in [-0.1, -0.05) is 48.5 Å². The van der Waals surface area contributed by atoms with Crippen LogP contribution in [0.25, 0.3) is 0 Å². The Morgan fingerprint density at radius 3 is 2.41 bits per heavy atom. The molecule has 194 valence electrons. The summed E-state index contributed by atoms with van der Waals surface area (Å²) >= 11 is 0. The number of carbonyl (C=O) groups excluding carboxylic acids is 1. The number of nitrogens with one attached hydrogen (secondary N) is 1. The fourth-order valence-electron chi connectivity index (χ4n) is 5.34. The van der Waals surface area contributed by atoms with Crippen molar-refractivity contribution in [3.8, 4) is 11.5 Å². The fourth-order valence-corrected chi connectivity index (χ4v) is 5.34. The predicted molar refractivity (Wildman–Crippen MR) is 147 cm³/mol. The normalized spacial score (nSPS) is 19.3. The molecule has 5 nitrogen and oxygen atoms in total. The van der Waals surface area contributed by atoms with Crippen molar-refractivity contribution in [2.45, 2.75) is 51.6 Å². The second-order valence-corrected chi connectivity index (χ2v) is 10.3. The third-order valence-corrected chi connectivity index (χ3v) is 7.78. The van der Waals surface area contributed by atoms with Crippen LogP contribution in [0, 0.1) is 19.8 Å². The van der Waals surface area contributed by atoms with Gasteiger partial charge in [0.2, 0.25) is 5.91 Å². The molecule has 2 atom stereocenters. The molecule has 37 heavy (non-hydrogen) atoms. The number of piperidine rings is 1. The number of amides is 1. The van der Waals surface area contributed by atoms with Gasteiger partial charge in [-0.2, -0.15) is 0 Å². The number of hydrogen-bond acceptors (Lipinski definition) is 4. The average Bonchev–Trinajstić information content (AvgIpc) is 3.78. The quantitative estimate of drug-likeness (QED) is 0.367. The van der Waals surface area contributed by atoms with Crippen molar-refractivity contribution in [2.75, 3.05) is 26.3 Å². The Bertz CT molecular complexity index is 1190. The average molecular weight is 499 g/mol. The van der Waals surface area contributed by atoms with Crippen LogP contribution in [0.3, 0.4) is 0 Å². The molecule has 0 unspecified atom stereocenters. The van der Waals surface area contributed by atoms with Crippen molar-refractivity contribution in [1.29, 1.82) is 0 Å². The number of benzene rings is 3. The van der Waals surface area contributed by atoms with E-state index < -0.39 is 0 Å². The first-order valence-electron chi connectivity index (χ1n) is 13.6. The van der Waals surface area contributed by atoms with E-state index in [0.717, 1.165) is 43.9 Å². The molecule has 0 bridgehead atoms. The number of nitrogens with zero attached hydrogens (tertiary/aromatic N) is 1. The smallest absolute Gasteiger partial charge is 0.228 e. The molecule has 3 aromatic rings. The molecule has 5 rings (SSSR count). The minimum absolute atomic E-state index is 0.0730. The van der Waals surface area contributed by atoms with Gasteiger partial charge in [0, 0.05) is 19.1 Å². The van der Waals surface area contributed by atoms with E-state index in [1.54, 1.807) is 0 Å². The lowest BCUT2D eigenvalue weighted by atomic mass is 9.80. The fraction of sp³-hybridized carbons (Fsp3) is 0.406. The zero-order valence-corrected chi connectivity index (χ0v) is 22.0. The summed E-state index contributed by atoms with van der Waals surface area (Å²) in [4.78, 5) is 16.2. The standard InChI is InChI=1S/C32H38N2O3/c1-23-8-6-10-26(24(23)2)22-34(27-14-15-27)32(35)31-21-33-17-16-30(31)25-9-7-13-29(20-25)37-19-18-36-28-11-4-3-5-12-28/h3-13,20,27,30-31,33H,14-19,21-22H2,1-2H3/t30-,31+/m1/s1. The lowest BCUT2D eigenvalue weighted by molar-refractivity contribution is -0.138. The summed E-state index contributed by atoms with van der Waals surface area (Å²) < 4.78 is 11.8. The SMILES string of the molecule is Cc1cccc(CN(C(=O)[C@H]2CNCC[C@@H]2c2cccc(OCCOc3ccccc3)c2)C2CC2)c1C. The molecule has 2 aliphatic rings. The second-order valence-electron chi connectivity index (χ2n) is 10.3. The maximum absolute atomic E-state index is 14.0. The Hall–Kier alpha value is -3.31. The van der Waals surface area contributed by atoms with E-state index >= 15 is 0 Å². The summed E-state index contributed by atoms with van der Waals surface area (Å²) in [6.07, 6.45) is 3.16. The van der Waals surface area contributed by atoms with Crippen LogP contribution in [0.5, 0.6) is 11.5 Å². The third kappa shape index (κ3) is 6.34. The summed E-state index contributed by atoms with van der Waals surface area (Å²) in [6, 6.07) is 24.9. The highest BCUT2D eigenvalue weighted by Crippen LogP contribution is 2.37. The number of rotatable bonds is 10.